The van der Waals surface area contributed by atoms with Crippen LogP contribution in [-0.4, -0.2) is 66.5 Å². The fourth-order valence-corrected chi connectivity index (χ4v) is 3.20. The summed E-state index contributed by atoms with van der Waals surface area (Å²) in [6.45, 7) is 6.29. The molecule has 6 nitrogen and oxygen atoms in total. The fraction of sp³-hybridized carbons (Fsp3) is 0.632. The lowest BCUT2D eigenvalue weighted by Gasteiger charge is -2.25. The number of carbonyl (C=O) groups is 2. The molecule has 2 rings (SSSR count). The number of amides is 1. The number of esters is 1. The summed E-state index contributed by atoms with van der Waals surface area (Å²) in [6, 6.07) is 3.42. The van der Waals surface area contributed by atoms with Crippen LogP contribution in [0.2, 0.25) is 0 Å². The van der Waals surface area contributed by atoms with E-state index in [0.29, 0.717) is 18.7 Å². The van der Waals surface area contributed by atoms with Crippen LogP contribution >= 0.6 is 0 Å². The number of aromatic nitrogens is 1. The molecule has 0 bridgehead atoms. The molecule has 2 heterocycles. The van der Waals surface area contributed by atoms with E-state index in [1.54, 1.807) is 36.4 Å². The molecule has 1 aliphatic heterocycles. The molecule has 1 aliphatic rings. The van der Waals surface area contributed by atoms with Crippen LogP contribution < -0.4 is 0 Å². The number of likely N-dealkylation sites (tertiary alicyclic amines) is 1. The minimum Gasteiger partial charge on any atom is -0.469 e. The van der Waals surface area contributed by atoms with E-state index in [2.05, 4.69) is 9.88 Å². The first kappa shape index (κ1) is 19.4. The lowest BCUT2D eigenvalue weighted by molar-refractivity contribution is -0.145. The molecule has 1 amide bonds. The Bertz CT molecular complexity index is 544. The van der Waals surface area contributed by atoms with Gasteiger partial charge >= 0.3 is 5.97 Å². The second-order valence-electron chi connectivity index (χ2n) is 6.67. The molecule has 0 spiro atoms. The van der Waals surface area contributed by atoms with Gasteiger partial charge in [0.25, 0.3) is 5.91 Å². The summed E-state index contributed by atoms with van der Waals surface area (Å²) in [5, 5.41) is 0. The molecule has 1 unspecified atom stereocenters. The van der Waals surface area contributed by atoms with Gasteiger partial charge in [-0.3, -0.25) is 14.6 Å². The van der Waals surface area contributed by atoms with Crippen molar-refractivity contribution in [2.75, 3.05) is 39.8 Å². The Morgan fingerprint density at radius 2 is 1.92 bits per heavy atom. The Morgan fingerprint density at radius 3 is 2.56 bits per heavy atom. The number of hydrogen-bond acceptors (Lipinski definition) is 5. The molecule has 0 N–H and O–H groups in total. The monoisotopic (exact) mass is 347 g/mol. The molecule has 1 saturated heterocycles. The van der Waals surface area contributed by atoms with Crippen LogP contribution in [0.15, 0.2) is 24.5 Å². The number of nitrogens with zero attached hydrogens (tertiary/aromatic N) is 3. The van der Waals surface area contributed by atoms with Crippen LogP contribution in [-0.2, 0) is 9.53 Å². The van der Waals surface area contributed by atoms with E-state index in [9.17, 15) is 9.59 Å². The van der Waals surface area contributed by atoms with Crippen molar-refractivity contribution >= 4 is 11.9 Å². The van der Waals surface area contributed by atoms with Gasteiger partial charge in [0.05, 0.1) is 13.0 Å². The number of hydrogen-bond donors (Lipinski definition) is 0. The SMILES string of the molecule is COC(=O)C(C)CN(CCCCN1CCCC1)C(=O)c1ccncc1. The van der Waals surface area contributed by atoms with Gasteiger partial charge in [-0.15, -0.1) is 0 Å². The Labute approximate surface area is 150 Å². The second-order valence-corrected chi connectivity index (χ2v) is 6.67. The predicted molar refractivity (Wildman–Crippen MR) is 96.2 cm³/mol. The van der Waals surface area contributed by atoms with Gasteiger partial charge < -0.3 is 14.5 Å². The van der Waals surface area contributed by atoms with Crippen molar-refractivity contribution in [3.8, 4) is 0 Å². The summed E-state index contributed by atoms with van der Waals surface area (Å²) in [7, 11) is 1.38. The molecule has 0 saturated carbocycles. The van der Waals surface area contributed by atoms with Gasteiger partial charge in [-0.05, 0) is 57.5 Å². The molecule has 1 aromatic heterocycles. The maximum Gasteiger partial charge on any atom is 0.310 e. The van der Waals surface area contributed by atoms with Crippen LogP contribution in [0.5, 0.6) is 0 Å². The van der Waals surface area contributed by atoms with E-state index >= 15 is 0 Å². The largest absolute Gasteiger partial charge is 0.469 e. The first-order valence-electron chi connectivity index (χ1n) is 9.11. The molecule has 0 aromatic carbocycles. The minimum atomic E-state index is -0.339. The molecular formula is C19H29N3O3. The summed E-state index contributed by atoms with van der Waals surface area (Å²) in [5.74, 6) is -0.682. The van der Waals surface area contributed by atoms with Crippen LogP contribution in [0, 0.1) is 5.92 Å². The zero-order valence-electron chi connectivity index (χ0n) is 15.3. The standard InChI is InChI=1S/C19H29N3O3/c1-16(19(24)25-2)15-22(18(23)17-7-9-20-10-8-17)14-6-5-13-21-11-3-4-12-21/h7-10,16H,3-6,11-15H2,1-2H3. The summed E-state index contributed by atoms with van der Waals surface area (Å²) >= 11 is 0. The lowest BCUT2D eigenvalue weighted by atomic mass is 10.1. The summed E-state index contributed by atoms with van der Waals surface area (Å²) in [4.78, 5) is 32.7. The lowest BCUT2D eigenvalue weighted by Crippen LogP contribution is -2.38. The fourth-order valence-electron chi connectivity index (χ4n) is 3.20. The number of rotatable bonds is 9. The van der Waals surface area contributed by atoms with E-state index < -0.39 is 0 Å². The van der Waals surface area contributed by atoms with E-state index in [0.717, 1.165) is 19.4 Å². The molecule has 1 atom stereocenters. The van der Waals surface area contributed by atoms with Gasteiger partial charge in [-0.25, -0.2) is 0 Å². The van der Waals surface area contributed by atoms with Crippen LogP contribution in [0.3, 0.4) is 0 Å². The highest BCUT2D eigenvalue weighted by Gasteiger charge is 2.22. The maximum atomic E-state index is 12.8. The molecule has 0 radical (unpaired) electrons. The van der Waals surface area contributed by atoms with E-state index in [4.69, 9.17) is 4.74 Å². The average molecular weight is 347 g/mol. The molecule has 6 heteroatoms. The first-order chi connectivity index (χ1) is 12.1. The molecule has 25 heavy (non-hydrogen) atoms. The maximum absolute atomic E-state index is 12.8. The Hall–Kier alpha value is -1.95. The smallest absolute Gasteiger partial charge is 0.310 e. The van der Waals surface area contributed by atoms with E-state index in [-0.39, 0.29) is 17.8 Å². The normalized spacial score (nSPS) is 15.8. The Morgan fingerprint density at radius 1 is 1.24 bits per heavy atom. The zero-order chi connectivity index (χ0) is 18.1. The highest BCUT2D eigenvalue weighted by Crippen LogP contribution is 2.12. The van der Waals surface area contributed by atoms with Crippen molar-refractivity contribution < 1.29 is 14.3 Å². The quantitative estimate of drug-likeness (QED) is 0.506. The molecule has 0 aliphatic carbocycles. The van der Waals surface area contributed by atoms with Gasteiger partial charge in [0.2, 0.25) is 0 Å². The first-order valence-corrected chi connectivity index (χ1v) is 9.11. The summed E-state index contributed by atoms with van der Waals surface area (Å²) in [5.41, 5.74) is 0.603. The van der Waals surface area contributed by atoms with Crippen molar-refractivity contribution in [3.63, 3.8) is 0 Å². The van der Waals surface area contributed by atoms with Gasteiger partial charge in [-0.1, -0.05) is 6.92 Å². The van der Waals surface area contributed by atoms with E-state index in [1.165, 1.54) is 33.0 Å². The van der Waals surface area contributed by atoms with Crippen LogP contribution in [0.25, 0.3) is 0 Å². The summed E-state index contributed by atoms with van der Waals surface area (Å²) in [6.07, 6.45) is 7.81. The molecular weight excluding hydrogens is 318 g/mol. The Kier molecular flexibility index (Phi) is 7.85. The number of methoxy groups -OCH3 is 1. The molecule has 138 valence electrons. The predicted octanol–water partition coefficient (Wildman–Crippen LogP) is 2.21. The van der Waals surface area contributed by atoms with Crippen molar-refractivity contribution in [1.29, 1.82) is 0 Å². The minimum absolute atomic E-state index is 0.0562. The number of pyridine rings is 1. The number of ether oxygens (including phenoxy) is 1. The molecule has 1 fully saturated rings. The number of unbranched alkanes of at least 4 members (excludes halogenated alkanes) is 1. The van der Waals surface area contributed by atoms with Gasteiger partial charge in [0.15, 0.2) is 0 Å². The third-order valence-corrected chi connectivity index (χ3v) is 4.66. The van der Waals surface area contributed by atoms with Gasteiger partial charge in [0.1, 0.15) is 0 Å². The third kappa shape index (κ3) is 6.12. The van der Waals surface area contributed by atoms with Crippen LogP contribution in [0.4, 0.5) is 0 Å². The van der Waals surface area contributed by atoms with Gasteiger partial charge in [0, 0.05) is 31.0 Å². The Balaban J connectivity index is 1.90. The van der Waals surface area contributed by atoms with Crippen LogP contribution in [0.1, 0.15) is 43.0 Å². The van der Waals surface area contributed by atoms with Gasteiger partial charge in [-0.2, -0.15) is 0 Å². The van der Waals surface area contributed by atoms with E-state index in [1.807, 2.05) is 0 Å². The highest BCUT2D eigenvalue weighted by atomic mass is 16.5. The molecule has 1 aromatic rings. The van der Waals surface area contributed by atoms with Crippen molar-refractivity contribution in [3.05, 3.63) is 30.1 Å². The second kappa shape index (κ2) is 10.1. The summed E-state index contributed by atoms with van der Waals surface area (Å²) < 4.78 is 4.80. The topological polar surface area (TPSA) is 62.7 Å². The zero-order valence-corrected chi connectivity index (χ0v) is 15.3. The third-order valence-electron chi connectivity index (χ3n) is 4.66. The van der Waals surface area contributed by atoms with Crippen molar-refractivity contribution in [2.45, 2.75) is 32.6 Å². The van der Waals surface area contributed by atoms with Crippen molar-refractivity contribution in [2.24, 2.45) is 5.92 Å². The average Bonchev–Trinajstić information content (AvgIpc) is 3.17. The van der Waals surface area contributed by atoms with Crippen molar-refractivity contribution in [1.82, 2.24) is 14.8 Å². The number of carbonyl (C=O) groups excluding carboxylic acids is 2. The highest BCUT2D eigenvalue weighted by molar-refractivity contribution is 5.94.